The second-order valence-electron chi connectivity index (χ2n) is 3.59. The highest BCUT2D eigenvalue weighted by atomic mass is 16.5. The van der Waals surface area contributed by atoms with Crippen LogP contribution >= 0.6 is 0 Å². The van der Waals surface area contributed by atoms with Crippen LogP contribution in [0.4, 0.5) is 5.69 Å². The van der Waals surface area contributed by atoms with Gasteiger partial charge in [-0.25, -0.2) is 0 Å². The Bertz CT molecular complexity index is 519. The fourth-order valence-corrected chi connectivity index (χ4v) is 1.60. The van der Waals surface area contributed by atoms with Gasteiger partial charge in [0.2, 0.25) is 0 Å². The van der Waals surface area contributed by atoms with Crippen molar-refractivity contribution in [2.24, 2.45) is 5.73 Å². The molecule has 17 heavy (non-hydrogen) atoms. The van der Waals surface area contributed by atoms with Crippen LogP contribution in [0, 0.1) is 0 Å². The lowest BCUT2D eigenvalue weighted by Gasteiger charge is -2.13. The molecule has 0 radical (unpaired) electrons. The van der Waals surface area contributed by atoms with Gasteiger partial charge in [0.05, 0.1) is 17.4 Å². The van der Waals surface area contributed by atoms with E-state index in [2.05, 4.69) is 15.5 Å². The first-order valence-corrected chi connectivity index (χ1v) is 5.22. The maximum Gasteiger partial charge on any atom is 0.254 e. The topological polar surface area (TPSA) is 93.0 Å². The fraction of sp³-hybridized carbons (Fsp3) is 0.273. The van der Waals surface area contributed by atoms with Gasteiger partial charge in [-0.05, 0) is 6.07 Å². The van der Waals surface area contributed by atoms with E-state index < -0.39 is 6.10 Å². The minimum atomic E-state index is -0.645. The molecule has 1 amide bonds. The number of nitrogens with two attached hydrogens (primary N) is 1. The van der Waals surface area contributed by atoms with Crippen molar-refractivity contribution >= 4 is 22.5 Å². The maximum absolute atomic E-state index is 11.8. The monoisotopic (exact) mass is 234 g/mol. The van der Waals surface area contributed by atoms with Crippen molar-refractivity contribution in [3.8, 4) is 0 Å². The number of fused-ring (bicyclic) bond motifs is 1. The lowest BCUT2D eigenvalue weighted by Crippen LogP contribution is -2.35. The van der Waals surface area contributed by atoms with Crippen LogP contribution < -0.4 is 11.1 Å². The second kappa shape index (κ2) is 4.94. The molecule has 1 unspecified atom stereocenters. The quantitative estimate of drug-likeness (QED) is 0.717. The zero-order valence-corrected chi connectivity index (χ0v) is 9.43. The minimum absolute atomic E-state index is 0.140. The zero-order valence-electron chi connectivity index (χ0n) is 9.43. The highest BCUT2D eigenvalue weighted by molar-refractivity contribution is 6.01. The number of carbonyl (C=O) groups excluding carboxylic acids is 1. The fourth-order valence-electron chi connectivity index (χ4n) is 1.60. The number of ether oxygens (including phenoxy) is 1. The number of nitrogens with one attached hydrogen (secondary N) is 2. The maximum atomic E-state index is 11.8. The van der Waals surface area contributed by atoms with Crippen LogP contribution in [0.1, 0.15) is 0 Å². The third-order valence-corrected chi connectivity index (χ3v) is 2.53. The van der Waals surface area contributed by atoms with Gasteiger partial charge in [-0.3, -0.25) is 9.89 Å². The van der Waals surface area contributed by atoms with E-state index in [0.717, 1.165) is 10.9 Å². The number of nitrogens with zero attached hydrogens (tertiary/aromatic N) is 1. The van der Waals surface area contributed by atoms with Crippen molar-refractivity contribution < 1.29 is 9.53 Å². The van der Waals surface area contributed by atoms with Crippen LogP contribution in [-0.2, 0) is 9.53 Å². The van der Waals surface area contributed by atoms with E-state index in [-0.39, 0.29) is 12.5 Å². The molecule has 90 valence electrons. The first kappa shape index (κ1) is 11.6. The number of hydrogen-bond acceptors (Lipinski definition) is 4. The molecule has 0 saturated carbocycles. The second-order valence-corrected chi connectivity index (χ2v) is 3.59. The summed E-state index contributed by atoms with van der Waals surface area (Å²) in [5.74, 6) is -0.267. The average Bonchev–Trinajstić information content (AvgIpc) is 2.80. The Kier molecular flexibility index (Phi) is 3.36. The van der Waals surface area contributed by atoms with Gasteiger partial charge >= 0.3 is 0 Å². The van der Waals surface area contributed by atoms with E-state index in [9.17, 15) is 4.79 Å². The number of benzene rings is 1. The molecule has 6 heteroatoms. The summed E-state index contributed by atoms with van der Waals surface area (Å²) < 4.78 is 4.96. The van der Waals surface area contributed by atoms with Crippen molar-refractivity contribution in [2.75, 3.05) is 19.0 Å². The molecule has 0 saturated heterocycles. The molecule has 1 aromatic carbocycles. The summed E-state index contributed by atoms with van der Waals surface area (Å²) in [5, 5.41) is 10.4. The molecule has 2 aromatic rings. The highest BCUT2D eigenvalue weighted by Gasteiger charge is 2.16. The molecule has 0 aliphatic rings. The minimum Gasteiger partial charge on any atom is -0.370 e. The van der Waals surface area contributed by atoms with Gasteiger partial charge in [-0.1, -0.05) is 12.1 Å². The molecule has 2 rings (SSSR count). The Labute approximate surface area is 98.1 Å². The summed E-state index contributed by atoms with van der Waals surface area (Å²) in [6.45, 7) is 0.140. The largest absolute Gasteiger partial charge is 0.370 e. The van der Waals surface area contributed by atoms with Crippen LogP contribution in [0.5, 0.6) is 0 Å². The lowest BCUT2D eigenvalue weighted by molar-refractivity contribution is -0.125. The van der Waals surface area contributed by atoms with E-state index in [4.69, 9.17) is 10.5 Å². The number of methoxy groups -OCH3 is 1. The van der Waals surface area contributed by atoms with Gasteiger partial charge in [0, 0.05) is 19.0 Å². The van der Waals surface area contributed by atoms with Crippen LogP contribution in [0.3, 0.4) is 0 Å². The first-order valence-electron chi connectivity index (χ1n) is 5.22. The third-order valence-electron chi connectivity index (χ3n) is 2.53. The van der Waals surface area contributed by atoms with Crippen molar-refractivity contribution in [3.05, 3.63) is 24.4 Å². The number of para-hydroxylation sites is 1. The molecule has 6 nitrogen and oxygen atoms in total. The van der Waals surface area contributed by atoms with Gasteiger partial charge < -0.3 is 15.8 Å². The number of carbonyl (C=O) groups is 1. The predicted molar refractivity (Wildman–Crippen MR) is 64.6 cm³/mol. The summed E-state index contributed by atoms with van der Waals surface area (Å²) in [6, 6.07) is 5.55. The molecule has 1 atom stereocenters. The van der Waals surface area contributed by atoms with E-state index in [1.54, 1.807) is 12.3 Å². The summed E-state index contributed by atoms with van der Waals surface area (Å²) in [7, 11) is 1.45. The standard InChI is InChI=1S/C11H14N4O2/c1-17-9(5-12)11(16)14-8-4-2-3-7-6-13-15-10(7)8/h2-4,6,9H,5,12H2,1H3,(H,13,15)(H,14,16). The molecular formula is C11H14N4O2. The summed E-state index contributed by atoms with van der Waals surface area (Å²) in [4.78, 5) is 11.8. The van der Waals surface area contributed by atoms with Crippen molar-refractivity contribution in [1.82, 2.24) is 10.2 Å². The zero-order chi connectivity index (χ0) is 12.3. The number of aromatic amines is 1. The van der Waals surface area contributed by atoms with E-state index in [1.165, 1.54) is 7.11 Å². The van der Waals surface area contributed by atoms with Gasteiger partial charge in [-0.2, -0.15) is 5.10 Å². The number of anilines is 1. The van der Waals surface area contributed by atoms with E-state index >= 15 is 0 Å². The average molecular weight is 234 g/mol. The molecule has 0 spiro atoms. The van der Waals surface area contributed by atoms with Crippen LogP contribution in [-0.4, -0.2) is 35.9 Å². The van der Waals surface area contributed by atoms with Crippen LogP contribution in [0.2, 0.25) is 0 Å². The first-order chi connectivity index (χ1) is 8.26. The predicted octanol–water partition coefficient (Wildman–Crippen LogP) is 0.475. The Morgan fingerprint density at radius 3 is 3.18 bits per heavy atom. The third kappa shape index (κ3) is 2.27. The number of rotatable bonds is 4. The van der Waals surface area contributed by atoms with Gasteiger partial charge in [0.15, 0.2) is 0 Å². The van der Waals surface area contributed by atoms with Crippen molar-refractivity contribution in [3.63, 3.8) is 0 Å². The van der Waals surface area contributed by atoms with E-state index in [0.29, 0.717) is 5.69 Å². The summed E-state index contributed by atoms with van der Waals surface area (Å²) in [5.41, 5.74) is 6.88. The SMILES string of the molecule is COC(CN)C(=O)Nc1cccc2cn[nH]c12. The van der Waals surface area contributed by atoms with E-state index in [1.807, 2.05) is 12.1 Å². The molecule has 0 aliphatic heterocycles. The molecule has 0 bridgehead atoms. The Morgan fingerprint density at radius 1 is 1.65 bits per heavy atom. The number of amides is 1. The lowest BCUT2D eigenvalue weighted by atomic mass is 10.2. The van der Waals surface area contributed by atoms with Crippen molar-refractivity contribution in [1.29, 1.82) is 0 Å². The molecule has 0 fully saturated rings. The van der Waals surface area contributed by atoms with Gasteiger partial charge in [0.1, 0.15) is 6.10 Å². The Balaban J connectivity index is 2.23. The molecular weight excluding hydrogens is 220 g/mol. The van der Waals surface area contributed by atoms with Gasteiger partial charge in [0.25, 0.3) is 5.91 Å². The summed E-state index contributed by atoms with van der Waals surface area (Å²) >= 11 is 0. The smallest absolute Gasteiger partial charge is 0.254 e. The molecule has 4 N–H and O–H groups in total. The molecule has 1 heterocycles. The molecule has 1 aromatic heterocycles. The summed E-state index contributed by atoms with van der Waals surface area (Å²) in [6.07, 6.45) is 1.05. The number of hydrogen-bond donors (Lipinski definition) is 3. The van der Waals surface area contributed by atoms with Gasteiger partial charge in [-0.15, -0.1) is 0 Å². The molecule has 0 aliphatic carbocycles. The Morgan fingerprint density at radius 2 is 2.47 bits per heavy atom. The van der Waals surface area contributed by atoms with Crippen molar-refractivity contribution in [2.45, 2.75) is 6.10 Å². The Hall–Kier alpha value is -1.92. The van der Waals surface area contributed by atoms with Crippen LogP contribution in [0.15, 0.2) is 24.4 Å². The van der Waals surface area contributed by atoms with Crippen LogP contribution in [0.25, 0.3) is 10.9 Å². The normalized spacial score (nSPS) is 12.6. The number of aromatic nitrogens is 2. The number of H-pyrrole nitrogens is 1. The highest BCUT2D eigenvalue weighted by Crippen LogP contribution is 2.20.